The summed E-state index contributed by atoms with van der Waals surface area (Å²) in [6, 6.07) is 18.9. The van der Waals surface area contributed by atoms with Crippen molar-refractivity contribution >= 4 is 5.97 Å². The third-order valence-electron chi connectivity index (χ3n) is 4.57. The zero-order valence-electron chi connectivity index (χ0n) is 15.5. The van der Waals surface area contributed by atoms with Crippen molar-refractivity contribution in [1.82, 2.24) is 0 Å². The Kier molecular flexibility index (Phi) is 7.13. The molecule has 7 nitrogen and oxygen atoms in total. The molecule has 0 aromatic heterocycles. The Labute approximate surface area is 163 Å². The fraction of sp³-hybridized carbons (Fsp3) is 0.381. The van der Waals surface area contributed by atoms with Crippen molar-refractivity contribution in [1.29, 1.82) is 0 Å². The molecule has 1 fully saturated rings. The molecule has 28 heavy (non-hydrogen) atoms. The lowest BCUT2D eigenvalue weighted by atomic mass is 9.98. The quantitative estimate of drug-likeness (QED) is 0.714. The van der Waals surface area contributed by atoms with E-state index in [9.17, 15) is 15.0 Å². The van der Waals surface area contributed by atoms with Crippen LogP contribution in [0.3, 0.4) is 0 Å². The Bertz CT molecular complexity index is 737. The molecular formula is C21H24O7. The number of carbonyl (C=O) groups is 1. The third kappa shape index (κ3) is 4.95. The highest BCUT2D eigenvalue weighted by molar-refractivity contribution is 5.73. The van der Waals surface area contributed by atoms with Crippen molar-refractivity contribution in [3.63, 3.8) is 0 Å². The van der Waals surface area contributed by atoms with Crippen LogP contribution in [0.4, 0.5) is 0 Å². The molecule has 0 amide bonds. The summed E-state index contributed by atoms with van der Waals surface area (Å²) in [5.74, 6) is -1.29. The minimum Gasteiger partial charge on any atom is -0.479 e. The molecule has 150 valence electrons. The van der Waals surface area contributed by atoms with Gasteiger partial charge >= 0.3 is 5.97 Å². The van der Waals surface area contributed by atoms with E-state index in [1.165, 1.54) is 7.11 Å². The number of hydrogen-bond acceptors (Lipinski definition) is 6. The highest BCUT2D eigenvalue weighted by Crippen LogP contribution is 2.28. The Morgan fingerprint density at radius 2 is 1.43 bits per heavy atom. The third-order valence-corrected chi connectivity index (χ3v) is 4.57. The topological polar surface area (TPSA) is 94.5 Å². The van der Waals surface area contributed by atoms with Crippen LogP contribution in [0.5, 0.6) is 0 Å². The maximum Gasteiger partial charge on any atom is 0.335 e. The lowest BCUT2D eigenvalue weighted by Gasteiger charge is -2.42. The van der Waals surface area contributed by atoms with Gasteiger partial charge in [-0.05, 0) is 11.1 Å². The Morgan fingerprint density at radius 3 is 1.89 bits per heavy atom. The average Bonchev–Trinajstić information content (AvgIpc) is 2.72. The molecule has 1 aliphatic heterocycles. The van der Waals surface area contributed by atoms with Crippen LogP contribution in [-0.2, 0) is 37.0 Å². The first kappa shape index (κ1) is 20.4. The molecule has 0 bridgehead atoms. The maximum atomic E-state index is 11.5. The zero-order chi connectivity index (χ0) is 19.9. The fourth-order valence-electron chi connectivity index (χ4n) is 3.12. The molecule has 1 heterocycles. The monoisotopic (exact) mass is 388 g/mol. The van der Waals surface area contributed by atoms with E-state index in [2.05, 4.69) is 0 Å². The predicted molar refractivity (Wildman–Crippen MR) is 99.4 cm³/mol. The number of aliphatic hydroxyl groups excluding tert-OH is 1. The van der Waals surface area contributed by atoms with Crippen molar-refractivity contribution in [2.24, 2.45) is 0 Å². The summed E-state index contributed by atoms with van der Waals surface area (Å²) in [4.78, 5) is 11.5. The highest BCUT2D eigenvalue weighted by Gasteiger charge is 2.50. The molecule has 0 radical (unpaired) electrons. The number of aliphatic carboxylic acids is 1. The van der Waals surface area contributed by atoms with Crippen LogP contribution >= 0.6 is 0 Å². The second-order valence-corrected chi connectivity index (χ2v) is 6.51. The van der Waals surface area contributed by atoms with Crippen LogP contribution in [0.1, 0.15) is 11.1 Å². The van der Waals surface area contributed by atoms with Crippen LogP contribution < -0.4 is 0 Å². The predicted octanol–water partition coefficient (Wildman–Crippen LogP) is 1.97. The van der Waals surface area contributed by atoms with Crippen molar-refractivity contribution in [3.05, 3.63) is 71.8 Å². The van der Waals surface area contributed by atoms with Crippen molar-refractivity contribution in [3.8, 4) is 0 Å². The second-order valence-electron chi connectivity index (χ2n) is 6.51. The molecule has 0 saturated carbocycles. The largest absolute Gasteiger partial charge is 0.479 e. The van der Waals surface area contributed by atoms with E-state index < -0.39 is 36.7 Å². The van der Waals surface area contributed by atoms with E-state index in [4.69, 9.17) is 18.9 Å². The van der Waals surface area contributed by atoms with Gasteiger partial charge in [-0.2, -0.15) is 0 Å². The van der Waals surface area contributed by atoms with Gasteiger partial charge < -0.3 is 29.2 Å². The molecule has 5 atom stereocenters. The van der Waals surface area contributed by atoms with Gasteiger partial charge in [-0.25, -0.2) is 4.79 Å². The van der Waals surface area contributed by atoms with Gasteiger partial charge in [-0.15, -0.1) is 0 Å². The summed E-state index contributed by atoms with van der Waals surface area (Å²) in [7, 11) is 1.40. The maximum absolute atomic E-state index is 11.5. The number of aliphatic hydroxyl groups is 1. The lowest BCUT2D eigenvalue weighted by Crippen LogP contribution is -2.61. The number of ether oxygens (including phenoxy) is 4. The van der Waals surface area contributed by atoms with Gasteiger partial charge in [0.05, 0.1) is 13.2 Å². The van der Waals surface area contributed by atoms with Crippen LogP contribution in [0, 0.1) is 0 Å². The number of carboxylic acid groups (broad SMARTS) is 1. The van der Waals surface area contributed by atoms with Crippen molar-refractivity contribution in [2.75, 3.05) is 7.11 Å². The first-order valence-corrected chi connectivity index (χ1v) is 9.00. The van der Waals surface area contributed by atoms with Gasteiger partial charge in [-0.3, -0.25) is 0 Å². The first-order chi connectivity index (χ1) is 13.6. The molecule has 0 aliphatic carbocycles. The number of carboxylic acids is 1. The molecule has 2 aromatic rings. The van der Waals surface area contributed by atoms with Gasteiger partial charge in [0.25, 0.3) is 0 Å². The molecule has 2 N–H and O–H groups in total. The minimum absolute atomic E-state index is 0.191. The number of methoxy groups -OCH3 is 1. The second kappa shape index (κ2) is 9.77. The molecule has 7 heteroatoms. The first-order valence-electron chi connectivity index (χ1n) is 9.00. The molecule has 5 unspecified atom stereocenters. The van der Waals surface area contributed by atoms with Crippen LogP contribution in [-0.4, -0.2) is 54.0 Å². The number of rotatable bonds is 8. The number of benzene rings is 2. The van der Waals surface area contributed by atoms with Gasteiger partial charge in [0.15, 0.2) is 12.4 Å². The number of hydrogen-bond donors (Lipinski definition) is 2. The standard InChI is InChI=1S/C21H24O7/c1-25-21-19(27-13-15-10-6-3-7-11-15)17(16(22)18(28-21)20(23)24)26-12-14-8-4-2-5-9-14/h2-11,16-19,21-22H,12-13H2,1H3,(H,23,24). The summed E-state index contributed by atoms with van der Waals surface area (Å²) >= 11 is 0. The highest BCUT2D eigenvalue weighted by atomic mass is 16.7. The summed E-state index contributed by atoms with van der Waals surface area (Å²) in [5.41, 5.74) is 1.82. The van der Waals surface area contributed by atoms with Gasteiger partial charge in [0.2, 0.25) is 0 Å². The van der Waals surface area contributed by atoms with Crippen LogP contribution in [0.2, 0.25) is 0 Å². The Morgan fingerprint density at radius 1 is 0.929 bits per heavy atom. The van der Waals surface area contributed by atoms with Crippen LogP contribution in [0.15, 0.2) is 60.7 Å². The van der Waals surface area contributed by atoms with E-state index in [1.807, 2.05) is 60.7 Å². The SMILES string of the molecule is COC1OC(C(=O)O)C(O)C(OCc2ccccc2)C1OCc1ccccc1. The van der Waals surface area contributed by atoms with E-state index in [0.717, 1.165) is 11.1 Å². The normalized spacial score (nSPS) is 27.4. The van der Waals surface area contributed by atoms with E-state index >= 15 is 0 Å². The van der Waals surface area contributed by atoms with Crippen molar-refractivity contribution < 1.29 is 34.0 Å². The molecule has 2 aromatic carbocycles. The van der Waals surface area contributed by atoms with Crippen molar-refractivity contribution in [2.45, 2.75) is 43.9 Å². The van der Waals surface area contributed by atoms with E-state index in [-0.39, 0.29) is 13.2 Å². The van der Waals surface area contributed by atoms with Gasteiger partial charge in [0, 0.05) is 7.11 Å². The summed E-state index contributed by atoms with van der Waals surface area (Å²) in [6.07, 6.45) is -5.62. The zero-order valence-corrected chi connectivity index (χ0v) is 15.5. The molecule has 3 rings (SSSR count). The van der Waals surface area contributed by atoms with Gasteiger partial charge in [-0.1, -0.05) is 60.7 Å². The molecular weight excluding hydrogens is 364 g/mol. The molecule has 0 spiro atoms. The van der Waals surface area contributed by atoms with Crippen LogP contribution in [0.25, 0.3) is 0 Å². The minimum atomic E-state index is -1.47. The average molecular weight is 388 g/mol. The Hall–Kier alpha value is -2.29. The summed E-state index contributed by atoms with van der Waals surface area (Å²) in [5, 5.41) is 20.0. The molecule has 1 saturated heterocycles. The lowest BCUT2D eigenvalue weighted by molar-refractivity contribution is -0.307. The van der Waals surface area contributed by atoms with E-state index in [1.54, 1.807) is 0 Å². The summed E-state index contributed by atoms with van der Waals surface area (Å²) in [6.45, 7) is 0.431. The summed E-state index contributed by atoms with van der Waals surface area (Å²) < 4.78 is 22.6. The molecule has 1 aliphatic rings. The smallest absolute Gasteiger partial charge is 0.335 e. The Balaban J connectivity index is 1.77. The van der Waals surface area contributed by atoms with E-state index in [0.29, 0.717) is 0 Å². The van der Waals surface area contributed by atoms with Gasteiger partial charge in [0.1, 0.15) is 18.3 Å². The fourth-order valence-corrected chi connectivity index (χ4v) is 3.12.